The number of anilines is 3. The number of rotatable bonds is 6. The van der Waals surface area contributed by atoms with Crippen molar-refractivity contribution in [2.45, 2.75) is 50.5 Å². The molecule has 2 aliphatic heterocycles. The van der Waals surface area contributed by atoms with Crippen LogP contribution in [0.1, 0.15) is 60.9 Å². The summed E-state index contributed by atoms with van der Waals surface area (Å²) in [6, 6.07) is 4.32. The monoisotopic (exact) mass is 491 g/mol. The molecular formula is C26H33N7OS. The average molecular weight is 492 g/mol. The van der Waals surface area contributed by atoms with Crippen molar-refractivity contribution >= 4 is 45.4 Å². The van der Waals surface area contributed by atoms with Gasteiger partial charge in [0.25, 0.3) is 0 Å². The van der Waals surface area contributed by atoms with E-state index in [0.717, 1.165) is 73.7 Å². The van der Waals surface area contributed by atoms with Crippen LogP contribution >= 0.6 is 11.3 Å². The molecule has 35 heavy (non-hydrogen) atoms. The Labute approximate surface area is 210 Å². The number of hydrogen-bond acceptors (Lipinski definition) is 8. The maximum atomic E-state index is 11.7. The molecule has 1 unspecified atom stereocenters. The summed E-state index contributed by atoms with van der Waals surface area (Å²) in [5.41, 5.74) is 3.58. The number of thiophene rings is 1. The number of carbonyl (C=O) groups excluding carboxylic acids is 1. The molecule has 0 spiro atoms. The quantitative estimate of drug-likeness (QED) is 0.508. The molecule has 9 heteroatoms. The number of hydrogen-bond donors (Lipinski definition) is 1. The third-order valence-corrected chi connectivity index (χ3v) is 9.08. The Hall–Kier alpha value is -2.78. The normalized spacial score (nSPS) is 21.8. The van der Waals surface area contributed by atoms with Crippen LogP contribution < -0.4 is 10.2 Å². The number of likely N-dealkylation sites (tertiary alicyclic amines) is 1. The van der Waals surface area contributed by atoms with E-state index in [9.17, 15) is 4.79 Å². The predicted molar refractivity (Wildman–Crippen MR) is 141 cm³/mol. The molecule has 2 saturated heterocycles. The van der Waals surface area contributed by atoms with Gasteiger partial charge in [-0.05, 0) is 56.3 Å². The number of nitrogens with zero attached hydrogens (tertiary/aromatic N) is 6. The van der Waals surface area contributed by atoms with Crippen molar-refractivity contribution < 1.29 is 4.79 Å². The Kier molecular flexibility index (Phi) is 6.28. The minimum absolute atomic E-state index is 0.183. The number of carbonyl (C=O) groups is 1. The van der Waals surface area contributed by atoms with E-state index in [1.54, 1.807) is 11.3 Å². The number of fused-ring (bicyclic) bond motifs is 1. The molecule has 0 aromatic carbocycles. The first-order valence-electron chi connectivity index (χ1n) is 12.9. The van der Waals surface area contributed by atoms with E-state index in [0.29, 0.717) is 11.9 Å². The van der Waals surface area contributed by atoms with Gasteiger partial charge < -0.3 is 20.0 Å². The second kappa shape index (κ2) is 9.70. The zero-order valence-corrected chi connectivity index (χ0v) is 21.1. The van der Waals surface area contributed by atoms with E-state index in [4.69, 9.17) is 4.98 Å². The van der Waals surface area contributed by atoms with Crippen LogP contribution in [0.15, 0.2) is 24.5 Å². The third-order valence-electron chi connectivity index (χ3n) is 7.85. The molecule has 1 saturated carbocycles. The number of nitrogens with one attached hydrogen (secondary N) is 1. The van der Waals surface area contributed by atoms with Gasteiger partial charge in [-0.25, -0.2) is 15.0 Å². The molecule has 0 bridgehead atoms. The predicted octanol–water partition coefficient (Wildman–Crippen LogP) is 4.53. The summed E-state index contributed by atoms with van der Waals surface area (Å²) in [6.45, 7) is 5.05. The van der Waals surface area contributed by atoms with Gasteiger partial charge in [0.2, 0.25) is 12.4 Å². The van der Waals surface area contributed by atoms with Gasteiger partial charge in [0.05, 0.1) is 34.3 Å². The highest BCUT2D eigenvalue weighted by Crippen LogP contribution is 2.48. The van der Waals surface area contributed by atoms with Gasteiger partial charge in [-0.1, -0.05) is 12.8 Å². The van der Waals surface area contributed by atoms with Crippen molar-refractivity contribution in [1.82, 2.24) is 24.8 Å². The maximum Gasteiger partial charge on any atom is 0.228 e. The lowest BCUT2D eigenvalue weighted by Gasteiger charge is -2.33. The van der Waals surface area contributed by atoms with Gasteiger partial charge >= 0.3 is 0 Å². The zero-order chi connectivity index (χ0) is 23.8. The minimum atomic E-state index is 0.183. The highest BCUT2D eigenvalue weighted by Gasteiger charge is 2.33. The Morgan fingerprint density at radius 1 is 1.00 bits per heavy atom. The molecule has 3 aromatic heterocycles. The van der Waals surface area contributed by atoms with Gasteiger partial charge in [-0.2, -0.15) is 0 Å². The highest BCUT2D eigenvalue weighted by atomic mass is 32.1. The van der Waals surface area contributed by atoms with E-state index < -0.39 is 0 Å². The van der Waals surface area contributed by atoms with Crippen molar-refractivity contribution in [3.05, 3.63) is 35.0 Å². The SMILES string of the molecule is CN1CCN(c2ccc(Nc3ncc4sc(C5CCCN5C=O)c(C5CCCC5)c4n3)nc2)CC1. The largest absolute Gasteiger partial charge is 0.368 e. The summed E-state index contributed by atoms with van der Waals surface area (Å²) >= 11 is 1.78. The van der Waals surface area contributed by atoms with Gasteiger partial charge in [-0.15, -0.1) is 11.3 Å². The van der Waals surface area contributed by atoms with Crippen molar-refractivity contribution in [1.29, 1.82) is 0 Å². The third kappa shape index (κ3) is 4.47. The Morgan fingerprint density at radius 2 is 1.83 bits per heavy atom. The van der Waals surface area contributed by atoms with E-state index >= 15 is 0 Å². The van der Waals surface area contributed by atoms with Crippen LogP contribution in [0.2, 0.25) is 0 Å². The average Bonchev–Trinajstić information content (AvgIpc) is 3.64. The number of pyridine rings is 1. The first kappa shape index (κ1) is 22.7. The molecule has 3 fully saturated rings. The van der Waals surface area contributed by atoms with Crippen molar-refractivity contribution in [3.63, 3.8) is 0 Å². The van der Waals surface area contributed by atoms with Crippen molar-refractivity contribution in [2.75, 3.05) is 50.0 Å². The standard InChI is InChI=1S/C26H33N7OS/c1-31-11-13-32(14-12-31)19-8-9-22(27-15-19)29-26-28-16-21-24(30-26)23(18-5-2-3-6-18)25(35-21)20-7-4-10-33(20)17-34/h8-9,15-18,20H,2-7,10-14H2,1H3,(H,27,28,29,30). The first-order chi connectivity index (χ1) is 17.2. The fourth-order valence-electron chi connectivity index (χ4n) is 5.87. The second-order valence-corrected chi connectivity index (χ2v) is 11.2. The van der Waals surface area contributed by atoms with E-state index in [1.165, 1.54) is 36.1 Å². The van der Waals surface area contributed by atoms with Crippen LogP contribution in [0.3, 0.4) is 0 Å². The number of piperazine rings is 1. The fraction of sp³-hybridized carbons (Fsp3) is 0.538. The summed E-state index contributed by atoms with van der Waals surface area (Å²) in [7, 11) is 2.17. The lowest BCUT2D eigenvalue weighted by Crippen LogP contribution is -2.44. The van der Waals surface area contributed by atoms with Crippen molar-refractivity contribution in [3.8, 4) is 0 Å². The molecule has 3 aromatic rings. The number of likely N-dealkylation sites (N-methyl/N-ethyl adjacent to an activating group) is 1. The Morgan fingerprint density at radius 3 is 2.57 bits per heavy atom. The van der Waals surface area contributed by atoms with Gasteiger partial charge in [-0.3, -0.25) is 4.79 Å². The molecule has 1 aliphatic carbocycles. The molecule has 184 valence electrons. The molecule has 1 atom stereocenters. The molecule has 6 rings (SSSR count). The molecule has 1 amide bonds. The fourth-order valence-corrected chi connectivity index (χ4v) is 7.23. The summed E-state index contributed by atoms with van der Waals surface area (Å²) in [6.07, 6.45) is 11.9. The summed E-state index contributed by atoms with van der Waals surface area (Å²) in [5.74, 6) is 1.86. The van der Waals surface area contributed by atoms with Crippen LogP contribution in [0.5, 0.6) is 0 Å². The van der Waals surface area contributed by atoms with E-state index in [-0.39, 0.29) is 6.04 Å². The van der Waals surface area contributed by atoms with Gasteiger partial charge in [0.15, 0.2) is 0 Å². The molecule has 5 heterocycles. The van der Waals surface area contributed by atoms with Gasteiger partial charge in [0, 0.05) is 37.6 Å². The lowest BCUT2D eigenvalue weighted by molar-refractivity contribution is -0.118. The lowest BCUT2D eigenvalue weighted by atomic mass is 9.94. The second-order valence-electron chi connectivity index (χ2n) is 10.1. The summed E-state index contributed by atoms with van der Waals surface area (Å²) in [5, 5.41) is 3.33. The zero-order valence-electron chi connectivity index (χ0n) is 20.3. The minimum Gasteiger partial charge on any atom is -0.368 e. The molecule has 3 aliphatic rings. The number of amides is 1. The highest BCUT2D eigenvalue weighted by molar-refractivity contribution is 7.19. The smallest absolute Gasteiger partial charge is 0.228 e. The summed E-state index contributed by atoms with van der Waals surface area (Å²) in [4.78, 5) is 34.0. The Bertz CT molecular complexity index is 1180. The van der Waals surface area contributed by atoms with Crippen LogP contribution in [-0.2, 0) is 4.79 Å². The maximum absolute atomic E-state index is 11.7. The molecule has 1 N–H and O–H groups in total. The Balaban J connectivity index is 1.28. The molecule has 0 radical (unpaired) electrons. The molecular weight excluding hydrogens is 458 g/mol. The van der Waals surface area contributed by atoms with Crippen LogP contribution in [-0.4, -0.2) is 70.9 Å². The van der Waals surface area contributed by atoms with Crippen LogP contribution in [0.4, 0.5) is 17.5 Å². The number of aromatic nitrogens is 3. The van der Waals surface area contributed by atoms with Gasteiger partial charge in [0.1, 0.15) is 5.82 Å². The van der Waals surface area contributed by atoms with Crippen LogP contribution in [0, 0.1) is 0 Å². The van der Waals surface area contributed by atoms with E-state index in [1.807, 2.05) is 23.4 Å². The van der Waals surface area contributed by atoms with Crippen LogP contribution in [0.25, 0.3) is 10.2 Å². The van der Waals surface area contributed by atoms with Crippen molar-refractivity contribution in [2.24, 2.45) is 0 Å². The topological polar surface area (TPSA) is 77.5 Å². The molecule has 8 nitrogen and oxygen atoms in total. The summed E-state index contributed by atoms with van der Waals surface area (Å²) < 4.78 is 1.11. The van der Waals surface area contributed by atoms with E-state index in [2.05, 4.69) is 38.2 Å². The first-order valence-corrected chi connectivity index (χ1v) is 13.7.